The third-order valence-corrected chi connectivity index (χ3v) is 3.46. The summed E-state index contributed by atoms with van der Waals surface area (Å²) in [6.07, 6.45) is 6.27. The molecule has 20 heavy (non-hydrogen) atoms. The van der Waals surface area contributed by atoms with Crippen LogP contribution in [-0.4, -0.2) is 39.0 Å². The van der Waals surface area contributed by atoms with Crippen LogP contribution >= 0.6 is 0 Å². The average molecular weight is 273 g/mol. The van der Waals surface area contributed by atoms with E-state index in [4.69, 9.17) is 4.74 Å². The minimum absolute atomic E-state index is 0.280. The van der Waals surface area contributed by atoms with Crippen LogP contribution in [0.15, 0.2) is 18.5 Å². The Kier molecular flexibility index (Phi) is 3.64. The fourth-order valence-electron chi connectivity index (χ4n) is 2.46. The topological polar surface area (TPSA) is 64.9 Å². The fourth-order valence-corrected chi connectivity index (χ4v) is 2.46. The molecule has 6 nitrogen and oxygen atoms in total. The van der Waals surface area contributed by atoms with Crippen LogP contribution in [0, 0.1) is 6.92 Å². The molecule has 6 heteroatoms. The lowest BCUT2D eigenvalue weighted by molar-refractivity contribution is 0.120. The van der Waals surface area contributed by atoms with Gasteiger partial charge >= 0.3 is 0 Å². The number of nitrogens with zero attached hydrogens (tertiary/aromatic N) is 4. The van der Waals surface area contributed by atoms with Gasteiger partial charge < -0.3 is 10.1 Å². The van der Waals surface area contributed by atoms with Crippen molar-refractivity contribution in [2.45, 2.75) is 25.9 Å². The van der Waals surface area contributed by atoms with Crippen LogP contribution in [-0.2, 0) is 11.8 Å². The van der Waals surface area contributed by atoms with E-state index in [1.165, 1.54) is 0 Å². The third-order valence-electron chi connectivity index (χ3n) is 3.46. The zero-order valence-electron chi connectivity index (χ0n) is 11.8. The second-order valence-corrected chi connectivity index (χ2v) is 5.08. The van der Waals surface area contributed by atoms with Crippen molar-refractivity contribution in [1.82, 2.24) is 19.7 Å². The molecule has 0 unspecified atom stereocenters. The molecule has 0 aromatic carbocycles. The van der Waals surface area contributed by atoms with E-state index in [1.807, 2.05) is 26.2 Å². The van der Waals surface area contributed by atoms with Crippen molar-refractivity contribution in [3.63, 3.8) is 0 Å². The van der Waals surface area contributed by atoms with Crippen molar-refractivity contribution < 1.29 is 4.74 Å². The Morgan fingerprint density at radius 3 is 3.10 bits per heavy atom. The predicted molar refractivity (Wildman–Crippen MR) is 76.4 cm³/mol. The summed E-state index contributed by atoms with van der Waals surface area (Å²) in [7, 11) is 1.91. The minimum Gasteiger partial charge on any atom is -0.376 e. The second-order valence-electron chi connectivity index (χ2n) is 5.08. The lowest BCUT2D eigenvalue weighted by Gasteiger charge is -2.10. The van der Waals surface area contributed by atoms with Crippen LogP contribution in [0.2, 0.25) is 0 Å². The summed E-state index contributed by atoms with van der Waals surface area (Å²) in [4.78, 5) is 8.80. The zero-order valence-corrected chi connectivity index (χ0v) is 11.8. The molecule has 106 valence electrons. The van der Waals surface area contributed by atoms with E-state index < -0.39 is 0 Å². The summed E-state index contributed by atoms with van der Waals surface area (Å²) in [6, 6.07) is 1.90. The van der Waals surface area contributed by atoms with E-state index >= 15 is 0 Å². The summed E-state index contributed by atoms with van der Waals surface area (Å²) in [5, 5.41) is 7.59. The van der Waals surface area contributed by atoms with Crippen molar-refractivity contribution in [3.05, 3.63) is 24.2 Å². The molecule has 1 saturated heterocycles. The van der Waals surface area contributed by atoms with E-state index in [-0.39, 0.29) is 6.10 Å². The summed E-state index contributed by atoms with van der Waals surface area (Å²) >= 11 is 0. The highest BCUT2D eigenvalue weighted by atomic mass is 16.5. The maximum atomic E-state index is 5.58. The normalized spacial score (nSPS) is 18.4. The van der Waals surface area contributed by atoms with Gasteiger partial charge in [-0.1, -0.05) is 0 Å². The summed E-state index contributed by atoms with van der Waals surface area (Å²) < 4.78 is 7.38. The Bertz CT molecular complexity index is 589. The molecule has 3 rings (SSSR count). The SMILES string of the molecule is Cc1nn(C)cc1-c1ccnc(NC[C@H]2CCCO2)n1. The molecular formula is C14H19N5O. The molecule has 1 atom stereocenters. The number of anilines is 1. The quantitative estimate of drug-likeness (QED) is 0.919. The van der Waals surface area contributed by atoms with Crippen molar-refractivity contribution in [2.75, 3.05) is 18.5 Å². The van der Waals surface area contributed by atoms with E-state index in [2.05, 4.69) is 20.4 Å². The molecule has 0 spiro atoms. The van der Waals surface area contributed by atoms with Gasteiger partial charge in [0.15, 0.2) is 0 Å². The first-order valence-corrected chi connectivity index (χ1v) is 6.91. The average Bonchev–Trinajstić information content (AvgIpc) is 3.06. The number of aromatic nitrogens is 4. The number of hydrogen-bond donors (Lipinski definition) is 1. The van der Waals surface area contributed by atoms with Crippen LogP contribution in [0.25, 0.3) is 11.3 Å². The minimum atomic E-state index is 0.280. The van der Waals surface area contributed by atoms with Gasteiger partial charge in [-0.25, -0.2) is 9.97 Å². The highest BCUT2D eigenvalue weighted by Gasteiger charge is 2.15. The van der Waals surface area contributed by atoms with Crippen LogP contribution in [0.3, 0.4) is 0 Å². The maximum absolute atomic E-state index is 5.58. The molecule has 0 amide bonds. The van der Waals surface area contributed by atoms with E-state index in [0.29, 0.717) is 5.95 Å². The summed E-state index contributed by atoms with van der Waals surface area (Å²) in [5.41, 5.74) is 2.90. The summed E-state index contributed by atoms with van der Waals surface area (Å²) in [5.74, 6) is 0.640. The van der Waals surface area contributed by atoms with E-state index in [9.17, 15) is 0 Å². The van der Waals surface area contributed by atoms with E-state index in [1.54, 1.807) is 10.9 Å². The number of aryl methyl sites for hydroxylation is 2. The molecule has 0 saturated carbocycles. The predicted octanol–water partition coefficient (Wildman–Crippen LogP) is 1.78. The molecule has 1 aliphatic rings. The summed E-state index contributed by atoms with van der Waals surface area (Å²) in [6.45, 7) is 3.61. The van der Waals surface area contributed by atoms with Crippen LogP contribution < -0.4 is 5.32 Å². The Balaban J connectivity index is 1.73. The molecule has 0 bridgehead atoms. The first kappa shape index (κ1) is 13.1. The van der Waals surface area contributed by atoms with Gasteiger partial charge in [0, 0.05) is 38.2 Å². The van der Waals surface area contributed by atoms with E-state index in [0.717, 1.165) is 42.9 Å². The van der Waals surface area contributed by atoms with Crippen molar-refractivity contribution in [1.29, 1.82) is 0 Å². The van der Waals surface area contributed by atoms with Crippen molar-refractivity contribution >= 4 is 5.95 Å². The molecular weight excluding hydrogens is 254 g/mol. The van der Waals surface area contributed by atoms with Gasteiger partial charge in [-0.15, -0.1) is 0 Å². The molecule has 0 aliphatic carbocycles. The second kappa shape index (κ2) is 5.58. The van der Waals surface area contributed by atoms with Gasteiger partial charge in [-0.3, -0.25) is 4.68 Å². The Morgan fingerprint density at radius 2 is 2.40 bits per heavy atom. The molecule has 0 radical (unpaired) electrons. The number of ether oxygens (including phenoxy) is 1. The van der Waals surface area contributed by atoms with Crippen molar-refractivity contribution in [2.24, 2.45) is 7.05 Å². The molecule has 1 fully saturated rings. The highest BCUT2D eigenvalue weighted by Crippen LogP contribution is 2.20. The largest absolute Gasteiger partial charge is 0.376 e. The van der Waals surface area contributed by atoms with Crippen LogP contribution in [0.1, 0.15) is 18.5 Å². The first-order valence-electron chi connectivity index (χ1n) is 6.91. The molecule has 2 aromatic heterocycles. The Labute approximate surface area is 118 Å². The van der Waals surface area contributed by atoms with Gasteiger partial charge in [-0.05, 0) is 25.8 Å². The van der Waals surface area contributed by atoms with Gasteiger partial charge in [0.25, 0.3) is 0 Å². The van der Waals surface area contributed by atoms with Gasteiger partial charge in [-0.2, -0.15) is 5.10 Å². The number of hydrogen-bond acceptors (Lipinski definition) is 5. The monoisotopic (exact) mass is 273 g/mol. The highest BCUT2D eigenvalue weighted by molar-refractivity contribution is 5.61. The zero-order chi connectivity index (χ0) is 13.9. The van der Waals surface area contributed by atoms with Crippen LogP contribution in [0.4, 0.5) is 5.95 Å². The standard InChI is InChI=1S/C14H19N5O/c1-10-12(9-19(2)18-10)13-5-6-15-14(17-13)16-8-11-4-3-7-20-11/h5-6,9,11H,3-4,7-8H2,1-2H3,(H,15,16,17)/t11-/m1/s1. The molecule has 1 N–H and O–H groups in total. The van der Waals surface area contributed by atoms with Crippen molar-refractivity contribution in [3.8, 4) is 11.3 Å². The molecule has 1 aliphatic heterocycles. The van der Waals surface area contributed by atoms with Gasteiger partial charge in [0.2, 0.25) is 5.95 Å². The van der Waals surface area contributed by atoms with Gasteiger partial charge in [0.05, 0.1) is 17.5 Å². The smallest absolute Gasteiger partial charge is 0.223 e. The number of rotatable bonds is 4. The molecule has 3 heterocycles. The third kappa shape index (κ3) is 2.80. The fraction of sp³-hybridized carbons (Fsp3) is 0.500. The Hall–Kier alpha value is -1.95. The molecule has 2 aromatic rings. The number of nitrogens with one attached hydrogen (secondary N) is 1. The van der Waals surface area contributed by atoms with Gasteiger partial charge in [0.1, 0.15) is 0 Å². The van der Waals surface area contributed by atoms with Crippen LogP contribution in [0.5, 0.6) is 0 Å². The maximum Gasteiger partial charge on any atom is 0.223 e. The lowest BCUT2D eigenvalue weighted by Crippen LogP contribution is -2.19. The first-order chi connectivity index (χ1) is 9.72. The Morgan fingerprint density at radius 1 is 1.50 bits per heavy atom. The lowest BCUT2D eigenvalue weighted by atomic mass is 10.2.